The minimum atomic E-state index is -3.82. The molecule has 0 aromatic rings. The third-order valence-electron chi connectivity index (χ3n) is 1.13. The Kier molecular flexibility index (Phi) is 1.71. The van der Waals surface area contributed by atoms with E-state index in [2.05, 4.69) is 9.32 Å². The van der Waals surface area contributed by atoms with Crippen LogP contribution in [0.4, 0.5) is 0 Å². The first-order valence-corrected chi connectivity index (χ1v) is 4.20. The van der Waals surface area contributed by atoms with Crippen LogP contribution < -0.4 is 5.14 Å². The monoisotopic (exact) mass is 167 g/mol. The maximum atomic E-state index is 10.3. The van der Waals surface area contributed by atoms with Gasteiger partial charge in [-0.15, -0.1) is 0 Å². The smallest absolute Gasteiger partial charge is 0.333 e. The van der Waals surface area contributed by atoms with Crippen LogP contribution in [-0.2, 0) is 19.2 Å². The first kappa shape index (κ1) is 7.93. The lowest BCUT2D eigenvalue weighted by Gasteiger charge is -2.35. The summed E-state index contributed by atoms with van der Waals surface area (Å²) in [4.78, 5) is 0. The fraction of sp³-hybridized carbons (Fsp3) is 1.00. The molecule has 1 rings (SSSR count). The molecule has 0 atom stereocenters. The van der Waals surface area contributed by atoms with Crippen LogP contribution in [0.2, 0.25) is 0 Å². The summed E-state index contributed by atoms with van der Waals surface area (Å²) in [5.74, 6) is 0. The number of nitrogens with two attached hydrogens (primary N) is 1. The largest absolute Gasteiger partial charge is 0.375 e. The molecule has 0 saturated carbocycles. The van der Waals surface area contributed by atoms with Gasteiger partial charge in [-0.25, -0.2) is 9.32 Å². The molecule has 0 aromatic carbocycles. The van der Waals surface area contributed by atoms with Crippen molar-refractivity contribution >= 4 is 10.3 Å². The van der Waals surface area contributed by atoms with Crippen molar-refractivity contribution in [2.75, 3.05) is 13.2 Å². The number of rotatable bonds is 2. The quantitative estimate of drug-likeness (QED) is 0.572. The fourth-order valence-electron chi connectivity index (χ4n) is 0.718. The van der Waals surface area contributed by atoms with Gasteiger partial charge < -0.3 is 4.74 Å². The third kappa shape index (κ3) is 1.91. The Morgan fingerprint density at radius 2 is 2.10 bits per heavy atom. The standard InChI is InChI=1S/C4H9NO4S/c1-4(2-8-3-4)9-10(5,6)7/h2-3H2,1H3,(H2,5,6,7). The van der Waals surface area contributed by atoms with Gasteiger partial charge in [0.15, 0.2) is 0 Å². The van der Waals surface area contributed by atoms with Crippen LogP contribution in [-0.4, -0.2) is 27.2 Å². The Morgan fingerprint density at radius 1 is 1.60 bits per heavy atom. The molecule has 60 valence electrons. The average molecular weight is 167 g/mol. The van der Waals surface area contributed by atoms with Gasteiger partial charge in [0.2, 0.25) is 0 Å². The molecule has 0 aromatic heterocycles. The molecular formula is C4H9NO4S. The van der Waals surface area contributed by atoms with E-state index in [0.29, 0.717) is 0 Å². The number of hydrogen-bond donors (Lipinski definition) is 1. The van der Waals surface area contributed by atoms with E-state index in [1.807, 2.05) is 0 Å². The van der Waals surface area contributed by atoms with E-state index in [1.54, 1.807) is 6.92 Å². The zero-order chi connectivity index (χ0) is 7.83. The van der Waals surface area contributed by atoms with Gasteiger partial charge in [-0.3, -0.25) is 0 Å². The zero-order valence-corrected chi connectivity index (χ0v) is 6.35. The minimum absolute atomic E-state index is 0.281. The van der Waals surface area contributed by atoms with E-state index >= 15 is 0 Å². The molecule has 0 bridgehead atoms. The van der Waals surface area contributed by atoms with Crippen molar-refractivity contribution in [3.63, 3.8) is 0 Å². The van der Waals surface area contributed by atoms with Crippen molar-refractivity contribution in [2.24, 2.45) is 5.14 Å². The lowest BCUT2D eigenvalue weighted by atomic mass is 10.1. The van der Waals surface area contributed by atoms with Crippen molar-refractivity contribution in [2.45, 2.75) is 12.5 Å². The van der Waals surface area contributed by atoms with Crippen LogP contribution in [0.3, 0.4) is 0 Å². The average Bonchev–Trinajstić information content (AvgIpc) is 1.57. The molecule has 1 aliphatic heterocycles. The van der Waals surface area contributed by atoms with Gasteiger partial charge in [0.25, 0.3) is 0 Å². The molecular weight excluding hydrogens is 158 g/mol. The Labute approximate surface area is 59.4 Å². The summed E-state index contributed by atoms with van der Waals surface area (Å²) < 4.78 is 29.9. The van der Waals surface area contributed by atoms with Gasteiger partial charge in [0.05, 0.1) is 13.2 Å². The molecule has 0 aliphatic carbocycles. The first-order valence-electron chi connectivity index (χ1n) is 2.72. The van der Waals surface area contributed by atoms with Gasteiger partial charge in [0, 0.05) is 0 Å². The molecule has 2 N–H and O–H groups in total. The van der Waals surface area contributed by atoms with Crippen molar-refractivity contribution in [1.29, 1.82) is 0 Å². The van der Waals surface area contributed by atoms with Gasteiger partial charge in [-0.2, -0.15) is 8.42 Å². The Morgan fingerprint density at radius 3 is 2.20 bits per heavy atom. The van der Waals surface area contributed by atoms with Gasteiger partial charge in [-0.05, 0) is 6.92 Å². The molecule has 1 heterocycles. The van der Waals surface area contributed by atoms with E-state index in [4.69, 9.17) is 4.74 Å². The third-order valence-corrected chi connectivity index (χ3v) is 1.77. The molecule has 0 amide bonds. The lowest BCUT2D eigenvalue weighted by Crippen LogP contribution is -2.51. The van der Waals surface area contributed by atoms with E-state index in [0.717, 1.165) is 0 Å². The van der Waals surface area contributed by atoms with Crippen molar-refractivity contribution in [3.8, 4) is 0 Å². The van der Waals surface area contributed by atoms with Gasteiger partial charge >= 0.3 is 10.3 Å². The zero-order valence-electron chi connectivity index (χ0n) is 5.53. The first-order chi connectivity index (χ1) is 4.41. The highest BCUT2D eigenvalue weighted by Gasteiger charge is 2.38. The maximum Gasteiger partial charge on any atom is 0.333 e. The Hall–Kier alpha value is -0.170. The van der Waals surface area contributed by atoms with Crippen LogP contribution in [0.25, 0.3) is 0 Å². The van der Waals surface area contributed by atoms with Crippen molar-refractivity contribution < 1.29 is 17.3 Å². The van der Waals surface area contributed by atoms with E-state index in [-0.39, 0.29) is 13.2 Å². The van der Waals surface area contributed by atoms with Crippen LogP contribution >= 0.6 is 0 Å². The highest BCUT2D eigenvalue weighted by molar-refractivity contribution is 7.84. The molecule has 10 heavy (non-hydrogen) atoms. The molecule has 6 heteroatoms. The second-order valence-electron chi connectivity index (χ2n) is 2.52. The van der Waals surface area contributed by atoms with E-state index in [1.165, 1.54) is 0 Å². The fourth-order valence-corrected chi connectivity index (χ4v) is 1.38. The summed E-state index contributed by atoms with van der Waals surface area (Å²) in [5, 5.41) is 4.63. The van der Waals surface area contributed by atoms with Gasteiger partial charge in [-0.1, -0.05) is 0 Å². The highest BCUT2D eigenvalue weighted by Crippen LogP contribution is 2.21. The second kappa shape index (κ2) is 2.16. The maximum absolute atomic E-state index is 10.3. The second-order valence-corrected chi connectivity index (χ2v) is 3.67. The molecule has 1 aliphatic rings. The van der Waals surface area contributed by atoms with Crippen molar-refractivity contribution in [1.82, 2.24) is 0 Å². The molecule has 0 spiro atoms. The summed E-state index contributed by atoms with van der Waals surface area (Å²) in [6, 6.07) is 0. The molecule has 1 saturated heterocycles. The number of hydrogen-bond acceptors (Lipinski definition) is 4. The summed E-state index contributed by atoms with van der Waals surface area (Å²) in [6.07, 6.45) is 0. The summed E-state index contributed by atoms with van der Waals surface area (Å²) >= 11 is 0. The van der Waals surface area contributed by atoms with E-state index < -0.39 is 15.9 Å². The van der Waals surface area contributed by atoms with Crippen molar-refractivity contribution in [3.05, 3.63) is 0 Å². The normalized spacial score (nSPS) is 23.8. The van der Waals surface area contributed by atoms with E-state index in [9.17, 15) is 8.42 Å². The molecule has 0 radical (unpaired) electrons. The van der Waals surface area contributed by atoms with Gasteiger partial charge in [0.1, 0.15) is 5.60 Å². The molecule has 1 fully saturated rings. The topological polar surface area (TPSA) is 78.6 Å². The Bertz CT molecular complexity index is 217. The molecule has 5 nitrogen and oxygen atoms in total. The van der Waals surface area contributed by atoms with Crippen LogP contribution in [0.1, 0.15) is 6.92 Å². The molecule has 0 unspecified atom stereocenters. The summed E-state index contributed by atoms with van der Waals surface area (Å²) in [5.41, 5.74) is -0.729. The highest BCUT2D eigenvalue weighted by atomic mass is 32.2. The number of ether oxygens (including phenoxy) is 1. The predicted octanol–water partition coefficient (Wildman–Crippen LogP) is -1.00. The van der Waals surface area contributed by atoms with Crippen LogP contribution in [0.5, 0.6) is 0 Å². The minimum Gasteiger partial charge on any atom is -0.375 e. The van der Waals surface area contributed by atoms with Crippen LogP contribution in [0.15, 0.2) is 0 Å². The Balaban J connectivity index is 2.53. The SMILES string of the molecule is CC1(OS(N)(=O)=O)COC1. The lowest BCUT2D eigenvalue weighted by molar-refractivity contribution is -0.147. The summed E-state index contributed by atoms with van der Waals surface area (Å²) in [6.45, 7) is 2.19. The van der Waals surface area contributed by atoms with Crippen LogP contribution in [0, 0.1) is 0 Å². The summed E-state index contributed by atoms with van der Waals surface area (Å²) in [7, 11) is -3.82. The predicted molar refractivity (Wildman–Crippen MR) is 33.4 cm³/mol.